The number of phenolic OH excluding ortho intramolecular Hbond substituents is 1. The van der Waals surface area contributed by atoms with Gasteiger partial charge in [0.15, 0.2) is 0 Å². The van der Waals surface area contributed by atoms with E-state index in [1.54, 1.807) is 12.1 Å². The van der Waals surface area contributed by atoms with Crippen molar-refractivity contribution in [2.24, 2.45) is 0 Å². The van der Waals surface area contributed by atoms with Crippen LogP contribution in [0.3, 0.4) is 0 Å². The molecule has 1 saturated carbocycles. The Morgan fingerprint density at radius 2 is 2.09 bits per heavy atom. The molecule has 23 heavy (non-hydrogen) atoms. The van der Waals surface area contributed by atoms with E-state index < -0.39 is 0 Å². The molecule has 0 unspecified atom stereocenters. The molecule has 0 saturated heterocycles. The largest absolute Gasteiger partial charge is 0.506 e. The maximum absolute atomic E-state index is 12.2. The van der Waals surface area contributed by atoms with E-state index >= 15 is 0 Å². The summed E-state index contributed by atoms with van der Waals surface area (Å²) in [6.07, 6.45) is 6.87. The lowest BCUT2D eigenvalue weighted by Gasteiger charge is -2.25. The lowest BCUT2D eigenvalue weighted by Crippen LogP contribution is -2.25. The first-order valence-electron chi connectivity index (χ1n) is 7.99. The highest BCUT2D eigenvalue weighted by Crippen LogP contribution is 2.41. The van der Waals surface area contributed by atoms with Crippen LogP contribution in [-0.2, 0) is 4.79 Å². The van der Waals surface area contributed by atoms with Gasteiger partial charge in [0.25, 0.3) is 0 Å². The van der Waals surface area contributed by atoms with Crippen LogP contribution in [-0.4, -0.2) is 20.8 Å². The molecule has 2 heterocycles. The van der Waals surface area contributed by atoms with Gasteiger partial charge in [-0.3, -0.25) is 4.79 Å². The van der Waals surface area contributed by atoms with E-state index in [9.17, 15) is 9.90 Å². The van der Waals surface area contributed by atoms with Crippen LogP contribution < -0.4 is 5.32 Å². The first-order chi connectivity index (χ1) is 11.1. The highest BCUT2D eigenvalue weighted by molar-refractivity contribution is 6.32. The maximum atomic E-state index is 12.2. The van der Waals surface area contributed by atoms with Crippen molar-refractivity contribution in [1.82, 2.24) is 9.78 Å². The van der Waals surface area contributed by atoms with Crippen LogP contribution in [0.1, 0.15) is 55.2 Å². The molecule has 1 aromatic heterocycles. The summed E-state index contributed by atoms with van der Waals surface area (Å²) in [7, 11) is 0. The predicted octanol–water partition coefficient (Wildman–Crippen LogP) is 3.83. The molecule has 2 aromatic rings. The first-order valence-corrected chi connectivity index (χ1v) is 8.37. The molecule has 2 aliphatic rings. The quantitative estimate of drug-likeness (QED) is 0.878. The van der Waals surface area contributed by atoms with E-state index in [4.69, 9.17) is 11.6 Å². The molecule has 1 aromatic carbocycles. The van der Waals surface area contributed by atoms with E-state index in [1.165, 1.54) is 12.8 Å². The van der Waals surface area contributed by atoms with Crippen LogP contribution in [0.4, 0.5) is 5.82 Å². The zero-order chi connectivity index (χ0) is 16.0. The van der Waals surface area contributed by atoms with Gasteiger partial charge in [-0.1, -0.05) is 30.5 Å². The van der Waals surface area contributed by atoms with Crippen LogP contribution in [0.25, 0.3) is 0 Å². The number of carbonyl (C=O) groups is 1. The number of nitrogens with one attached hydrogen (secondary N) is 1. The van der Waals surface area contributed by atoms with Crippen LogP contribution >= 0.6 is 11.6 Å². The minimum absolute atomic E-state index is 0.00792. The number of benzene rings is 1. The van der Waals surface area contributed by atoms with Crippen molar-refractivity contribution >= 4 is 23.3 Å². The average molecular weight is 332 g/mol. The molecule has 1 fully saturated rings. The van der Waals surface area contributed by atoms with E-state index in [1.807, 2.05) is 16.9 Å². The van der Waals surface area contributed by atoms with Gasteiger partial charge in [-0.25, -0.2) is 4.68 Å². The van der Waals surface area contributed by atoms with E-state index in [-0.39, 0.29) is 17.6 Å². The topological polar surface area (TPSA) is 67.1 Å². The van der Waals surface area contributed by atoms with Crippen LogP contribution in [0.2, 0.25) is 5.02 Å². The molecular formula is C17H18ClN3O2. The maximum Gasteiger partial charge on any atom is 0.226 e. The third-order valence-corrected chi connectivity index (χ3v) is 5.19. The van der Waals surface area contributed by atoms with Gasteiger partial charge in [-0.2, -0.15) is 5.10 Å². The first kappa shape index (κ1) is 14.6. The third-order valence-electron chi connectivity index (χ3n) is 4.89. The summed E-state index contributed by atoms with van der Waals surface area (Å²) in [5.74, 6) is 0.790. The minimum atomic E-state index is -0.0768. The number of rotatable bonds is 2. The van der Waals surface area contributed by atoms with Crippen LogP contribution in [0.5, 0.6) is 5.75 Å². The number of fused-ring (bicyclic) bond motifs is 1. The molecule has 0 spiro atoms. The number of anilines is 1. The third kappa shape index (κ3) is 2.49. The molecular weight excluding hydrogens is 314 g/mol. The zero-order valence-corrected chi connectivity index (χ0v) is 13.4. The molecule has 1 aliphatic carbocycles. The molecule has 0 radical (unpaired) electrons. The Hall–Kier alpha value is -2.01. The lowest BCUT2D eigenvalue weighted by molar-refractivity contribution is -0.116. The van der Waals surface area contributed by atoms with Crippen molar-refractivity contribution in [2.75, 3.05) is 5.32 Å². The molecule has 1 atom stereocenters. The predicted molar refractivity (Wildman–Crippen MR) is 87.9 cm³/mol. The van der Waals surface area contributed by atoms with Crippen molar-refractivity contribution in [3.63, 3.8) is 0 Å². The van der Waals surface area contributed by atoms with E-state index in [0.29, 0.717) is 17.5 Å². The molecule has 0 bridgehead atoms. The van der Waals surface area contributed by atoms with Crippen molar-refractivity contribution in [3.05, 3.63) is 40.5 Å². The number of aromatic hydroxyl groups is 1. The highest BCUT2D eigenvalue weighted by Gasteiger charge is 2.32. The smallest absolute Gasteiger partial charge is 0.226 e. The molecule has 5 nitrogen and oxygen atoms in total. The standard InChI is InChI=1S/C17H18ClN3O2/c18-14-7-10(5-6-15(14)22)12-8-16(23)20-17-13(12)9-19-21(17)11-3-1-2-4-11/h5-7,9,11-12,22H,1-4,8H2,(H,20,23)/t12-/m0/s1. The second-order valence-electron chi connectivity index (χ2n) is 6.35. The number of halogens is 1. The SMILES string of the molecule is O=C1C[C@@H](c2ccc(O)c(Cl)c2)c2cnn(C3CCCC3)c2N1. The summed E-state index contributed by atoms with van der Waals surface area (Å²) >= 11 is 6.03. The number of hydrogen-bond acceptors (Lipinski definition) is 3. The molecule has 6 heteroatoms. The normalized spacial score (nSPS) is 21.3. The fraction of sp³-hybridized carbons (Fsp3) is 0.412. The van der Waals surface area contributed by atoms with Gasteiger partial charge in [0.2, 0.25) is 5.91 Å². The Bertz CT molecular complexity index is 765. The van der Waals surface area contributed by atoms with E-state index in [2.05, 4.69) is 10.4 Å². The minimum Gasteiger partial charge on any atom is -0.506 e. The fourth-order valence-corrected chi connectivity index (χ4v) is 3.89. The Morgan fingerprint density at radius 1 is 1.30 bits per heavy atom. The highest BCUT2D eigenvalue weighted by atomic mass is 35.5. The number of amides is 1. The van der Waals surface area contributed by atoms with Gasteiger partial charge in [0.1, 0.15) is 11.6 Å². The second-order valence-corrected chi connectivity index (χ2v) is 6.75. The van der Waals surface area contributed by atoms with Crippen LogP contribution in [0, 0.1) is 0 Å². The van der Waals surface area contributed by atoms with Crippen molar-refractivity contribution in [3.8, 4) is 5.75 Å². The molecule has 4 rings (SSSR count). The van der Waals surface area contributed by atoms with Gasteiger partial charge in [0, 0.05) is 17.9 Å². The number of phenols is 1. The van der Waals surface area contributed by atoms with Crippen molar-refractivity contribution in [1.29, 1.82) is 0 Å². The number of carbonyl (C=O) groups excluding carboxylic acids is 1. The Labute approximate surface area is 139 Å². The molecule has 2 N–H and O–H groups in total. The molecule has 120 valence electrons. The summed E-state index contributed by atoms with van der Waals surface area (Å²) in [6.45, 7) is 0. The van der Waals surface area contributed by atoms with E-state index in [0.717, 1.165) is 29.8 Å². The number of hydrogen-bond donors (Lipinski definition) is 2. The van der Waals surface area contributed by atoms with Gasteiger partial charge < -0.3 is 10.4 Å². The Morgan fingerprint density at radius 3 is 2.83 bits per heavy atom. The monoisotopic (exact) mass is 331 g/mol. The number of nitrogens with zero attached hydrogens (tertiary/aromatic N) is 2. The van der Waals surface area contributed by atoms with Crippen LogP contribution in [0.15, 0.2) is 24.4 Å². The number of aromatic nitrogens is 2. The van der Waals surface area contributed by atoms with Crippen molar-refractivity contribution in [2.45, 2.75) is 44.1 Å². The zero-order valence-electron chi connectivity index (χ0n) is 12.6. The average Bonchev–Trinajstić information content (AvgIpc) is 3.17. The molecule has 1 aliphatic heterocycles. The van der Waals surface area contributed by atoms with Gasteiger partial charge in [-0.05, 0) is 30.5 Å². The van der Waals surface area contributed by atoms with Gasteiger partial charge in [0.05, 0.1) is 17.3 Å². The Kier molecular flexibility index (Phi) is 3.53. The summed E-state index contributed by atoms with van der Waals surface area (Å²) in [4.78, 5) is 12.2. The summed E-state index contributed by atoms with van der Waals surface area (Å²) in [6, 6.07) is 5.50. The van der Waals surface area contributed by atoms with Crippen molar-refractivity contribution < 1.29 is 9.90 Å². The molecule has 1 amide bonds. The van der Waals surface area contributed by atoms with Gasteiger partial charge in [-0.15, -0.1) is 0 Å². The van der Waals surface area contributed by atoms with Gasteiger partial charge >= 0.3 is 0 Å². The summed E-state index contributed by atoms with van der Waals surface area (Å²) in [5, 5.41) is 17.5. The lowest BCUT2D eigenvalue weighted by atomic mass is 9.87. The summed E-state index contributed by atoms with van der Waals surface area (Å²) < 4.78 is 1.98. The second kappa shape index (κ2) is 5.57. The Balaban J connectivity index is 1.76. The fourth-order valence-electron chi connectivity index (χ4n) is 3.70. The summed E-state index contributed by atoms with van der Waals surface area (Å²) in [5.41, 5.74) is 1.95.